The Labute approximate surface area is 182 Å². The number of ether oxygens (including phenoxy) is 2. The fourth-order valence-corrected chi connectivity index (χ4v) is 2.90. The number of aryl methyl sites for hydroxylation is 1. The molecule has 3 aromatic rings. The second-order valence-corrected chi connectivity index (χ2v) is 6.87. The SMILES string of the molecule is CCc1ccccc1NC(=O)CNC(=O)COc1ccc(OCc2ccccc2)cc1. The van der Waals surface area contributed by atoms with Crippen LogP contribution in [0.5, 0.6) is 11.5 Å². The second kappa shape index (κ2) is 11.4. The molecule has 6 nitrogen and oxygen atoms in total. The molecule has 160 valence electrons. The first-order chi connectivity index (χ1) is 15.1. The summed E-state index contributed by atoms with van der Waals surface area (Å²) in [5.74, 6) is 0.603. The van der Waals surface area contributed by atoms with E-state index in [4.69, 9.17) is 9.47 Å². The molecule has 0 atom stereocenters. The van der Waals surface area contributed by atoms with Crippen LogP contribution in [-0.4, -0.2) is 25.0 Å². The molecule has 0 aromatic heterocycles. The average molecular weight is 418 g/mol. The van der Waals surface area contributed by atoms with Crippen LogP contribution in [0.1, 0.15) is 18.1 Å². The van der Waals surface area contributed by atoms with Gasteiger partial charge in [0.1, 0.15) is 18.1 Å². The molecular formula is C25H26N2O4. The lowest BCUT2D eigenvalue weighted by atomic mass is 10.1. The zero-order chi connectivity index (χ0) is 21.9. The van der Waals surface area contributed by atoms with Gasteiger partial charge in [0, 0.05) is 5.69 Å². The van der Waals surface area contributed by atoms with E-state index in [1.807, 2.05) is 61.5 Å². The van der Waals surface area contributed by atoms with Crippen LogP contribution in [0.4, 0.5) is 5.69 Å². The Morgan fingerprint density at radius 3 is 2.13 bits per heavy atom. The Hall–Kier alpha value is -3.80. The Morgan fingerprint density at radius 1 is 0.774 bits per heavy atom. The van der Waals surface area contributed by atoms with Crippen LogP contribution >= 0.6 is 0 Å². The molecular weight excluding hydrogens is 392 g/mol. The molecule has 0 radical (unpaired) electrons. The third-order valence-electron chi connectivity index (χ3n) is 4.56. The van der Waals surface area contributed by atoms with Gasteiger partial charge in [-0.1, -0.05) is 55.5 Å². The number of carbonyl (C=O) groups excluding carboxylic acids is 2. The lowest BCUT2D eigenvalue weighted by Gasteiger charge is -2.11. The minimum absolute atomic E-state index is 0.119. The summed E-state index contributed by atoms with van der Waals surface area (Å²) < 4.78 is 11.2. The highest BCUT2D eigenvalue weighted by Gasteiger charge is 2.09. The highest BCUT2D eigenvalue weighted by atomic mass is 16.5. The molecule has 0 bridgehead atoms. The van der Waals surface area contributed by atoms with Crippen LogP contribution in [0, 0.1) is 0 Å². The van der Waals surface area contributed by atoms with Crippen molar-refractivity contribution >= 4 is 17.5 Å². The Bertz CT molecular complexity index is 988. The summed E-state index contributed by atoms with van der Waals surface area (Å²) in [6.45, 7) is 2.20. The van der Waals surface area contributed by atoms with Gasteiger partial charge in [0.05, 0.1) is 6.54 Å². The summed E-state index contributed by atoms with van der Waals surface area (Å²) in [5, 5.41) is 5.37. The fourth-order valence-electron chi connectivity index (χ4n) is 2.90. The Kier molecular flexibility index (Phi) is 8.05. The molecule has 0 spiro atoms. The van der Waals surface area contributed by atoms with E-state index in [1.165, 1.54) is 0 Å². The number of para-hydroxylation sites is 1. The van der Waals surface area contributed by atoms with Gasteiger partial charge >= 0.3 is 0 Å². The number of anilines is 1. The third kappa shape index (κ3) is 7.19. The van der Waals surface area contributed by atoms with E-state index >= 15 is 0 Å². The first kappa shape index (κ1) is 21.9. The molecule has 0 fully saturated rings. The minimum Gasteiger partial charge on any atom is -0.489 e. The number of amides is 2. The maximum atomic E-state index is 12.1. The van der Waals surface area contributed by atoms with E-state index in [0.717, 1.165) is 23.2 Å². The summed E-state index contributed by atoms with van der Waals surface area (Å²) in [6, 6.07) is 24.5. The van der Waals surface area contributed by atoms with Gasteiger partial charge in [-0.3, -0.25) is 9.59 Å². The van der Waals surface area contributed by atoms with E-state index in [2.05, 4.69) is 10.6 Å². The van der Waals surface area contributed by atoms with E-state index in [0.29, 0.717) is 18.1 Å². The quantitative estimate of drug-likeness (QED) is 0.523. The second-order valence-electron chi connectivity index (χ2n) is 6.87. The van der Waals surface area contributed by atoms with Crippen LogP contribution in [-0.2, 0) is 22.6 Å². The zero-order valence-corrected chi connectivity index (χ0v) is 17.5. The van der Waals surface area contributed by atoms with Gasteiger partial charge < -0.3 is 20.1 Å². The Morgan fingerprint density at radius 2 is 1.42 bits per heavy atom. The van der Waals surface area contributed by atoms with Gasteiger partial charge in [0.15, 0.2) is 6.61 Å². The van der Waals surface area contributed by atoms with Crippen molar-refractivity contribution in [3.8, 4) is 11.5 Å². The molecule has 2 N–H and O–H groups in total. The minimum atomic E-state index is -0.372. The molecule has 31 heavy (non-hydrogen) atoms. The first-order valence-corrected chi connectivity index (χ1v) is 10.2. The summed E-state index contributed by atoms with van der Waals surface area (Å²) in [7, 11) is 0. The standard InChI is InChI=1S/C25H26N2O4/c1-2-20-10-6-7-11-23(20)27-24(28)16-26-25(29)18-31-22-14-12-21(13-15-22)30-17-19-8-4-3-5-9-19/h3-15H,2,16-18H2,1H3,(H,26,29)(H,27,28). The largest absolute Gasteiger partial charge is 0.489 e. The van der Waals surface area contributed by atoms with Crippen LogP contribution in [0.3, 0.4) is 0 Å². The molecule has 2 amide bonds. The number of carbonyl (C=O) groups is 2. The van der Waals surface area contributed by atoms with E-state index in [9.17, 15) is 9.59 Å². The average Bonchev–Trinajstić information content (AvgIpc) is 2.82. The van der Waals surface area contributed by atoms with Crippen molar-refractivity contribution in [2.24, 2.45) is 0 Å². The van der Waals surface area contributed by atoms with Crippen molar-refractivity contribution in [3.63, 3.8) is 0 Å². The van der Waals surface area contributed by atoms with Crippen molar-refractivity contribution in [2.75, 3.05) is 18.5 Å². The molecule has 3 aromatic carbocycles. The van der Waals surface area contributed by atoms with Gasteiger partial charge in [-0.25, -0.2) is 0 Å². The molecule has 0 aliphatic heterocycles. The predicted molar refractivity (Wildman–Crippen MR) is 120 cm³/mol. The highest BCUT2D eigenvalue weighted by molar-refractivity contribution is 5.95. The molecule has 0 unspecified atom stereocenters. The maximum absolute atomic E-state index is 12.1. The van der Waals surface area contributed by atoms with Gasteiger partial charge in [-0.2, -0.15) is 0 Å². The summed E-state index contributed by atoms with van der Waals surface area (Å²) >= 11 is 0. The molecule has 6 heteroatoms. The van der Waals surface area contributed by atoms with Gasteiger partial charge in [0.2, 0.25) is 5.91 Å². The summed E-state index contributed by atoms with van der Waals surface area (Å²) in [4.78, 5) is 24.1. The molecule has 3 rings (SSSR count). The predicted octanol–water partition coefficient (Wildman–Crippen LogP) is 3.96. The van der Waals surface area contributed by atoms with Gasteiger partial charge in [-0.05, 0) is 47.9 Å². The number of rotatable bonds is 10. The molecule has 0 aliphatic rings. The number of benzene rings is 3. The Balaban J connectivity index is 1.37. The van der Waals surface area contributed by atoms with Gasteiger partial charge in [-0.15, -0.1) is 0 Å². The van der Waals surface area contributed by atoms with Crippen molar-refractivity contribution < 1.29 is 19.1 Å². The monoisotopic (exact) mass is 418 g/mol. The zero-order valence-electron chi connectivity index (χ0n) is 17.5. The number of nitrogens with one attached hydrogen (secondary N) is 2. The molecule has 0 heterocycles. The highest BCUT2D eigenvalue weighted by Crippen LogP contribution is 2.19. The van der Waals surface area contributed by atoms with E-state index in [1.54, 1.807) is 24.3 Å². The van der Waals surface area contributed by atoms with Crippen LogP contribution in [0.15, 0.2) is 78.9 Å². The van der Waals surface area contributed by atoms with Gasteiger partial charge in [0.25, 0.3) is 5.91 Å². The lowest BCUT2D eigenvalue weighted by molar-refractivity contribution is -0.125. The normalized spacial score (nSPS) is 10.2. The molecule has 0 saturated heterocycles. The maximum Gasteiger partial charge on any atom is 0.258 e. The summed E-state index contributed by atoms with van der Waals surface area (Å²) in [6.07, 6.45) is 0.812. The van der Waals surface area contributed by atoms with E-state index in [-0.39, 0.29) is 25.0 Å². The van der Waals surface area contributed by atoms with E-state index < -0.39 is 0 Å². The van der Waals surface area contributed by atoms with Crippen molar-refractivity contribution in [2.45, 2.75) is 20.0 Å². The van der Waals surface area contributed by atoms with Crippen LogP contribution in [0.2, 0.25) is 0 Å². The fraction of sp³-hybridized carbons (Fsp3) is 0.200. The number of hydrogen-bond acceptors (Lipinski definition) is 4. The van der Waals surface area contributed by atoms with Crippen molar-refractivity contribution in [1.29, 1.82) is 0 Å². The molecule has 0 aliphatic carbocycles. The first-order valence-electron chi connectivity index (χ1n) is 10.2. The number of hydrogen-bond donors (Lipinski definition) is 2. The lowest BCUT2D eigenvalue weighted by Crippen LogP contribution is -2.35. The molecule has 0 saturated carbocycles. The topological polar surface area (TPSA) is 76.7 Å². The third-order valence-corrected chi connectivity index (χ3v) is 4.56. The van der Waals surface area contributed by atoms with Crippen molar-refractivity contribution in [1.82, 2.24) is 5.32 Å². The van der Waals surface area contributed by atoms with Crippen molar-refractivity contribution in [3.05, 3.63) is 90.0 Å². The van der Waals surface area contributed by atoms with Crippen LogP contribution < -0.4 is 20.1 Å². The smallest absolute Gasteiger partial charge is 0.258 e. The van der Waals surface area contributed by atoms with Crippen LogP contribution in [0.25, 0.3) is 0 Å². The summed E-state index contributed by atoms with van der Waals surface area (Å²) in [5.41, 5.74) is 2.89.